The summed E-state index contributed by atoms with van der Waals surface area (Å²) in [5.74, 6) is -0.390. The van der Waals surface area contributed by atoms with E-state index in [-0.39, 0.29) is 18.1 Å². The summed E-state index contributed by atoms with van der Waals surface area (Å²) in [6, 6.07) is 0. The van der Waals surface area contributed by atoms with Crippen molar-refractivity contribution in [3.05, 3.63) is 18.0 Å². The quantitative estimate of drug-likeness (QED) is 0.642. The fourth-order valence-corrected chi connectivity index (χ4v) is 0.864. The van der Waals surface area contributed by atoms with Crippen LogP contribution in [0.2, 0.25) is 0 Å². The number of aromatic nitrogens is 2. The Morgan fingerprint density at radius 3 is 2.92 bits per heavy atom. The van der Waals surface area contributed by atoms with Crippen molar-refractivity contribution in [3.63, 3.8) is 0 Å². The zero-order valence-corrected chi connectivity index (χ0v) is 7.33. The zero-order chi connectivity index (χ0) is 9.68. The van der Waals surface area contributed by atoms with Crippen molar-refractivity contribution in [2.75, 3.05) is 0 Å². The fourth-order valence-electron chi connectivity index (χ4n) is 0.864. The molecule has 1 aromatic heterocycles. The van der Waals surface area contributed by atoms with E-state index in [0.29, 0.717) is 6.54 Å². The van der Waals surface area contributed by atoms with Crippen molar-refractivity contribution in [3.8, 4) is 0 Å². The van der Waals surface area contributed by atoms with Crippen LogP contribution < -0.4 is 5.32 Å². The number of nitrogens with zero attached hydrogens (tertiary/aromatic N) is 1. The van der Waals surface area contributed by atoms with Gasteiger partial charge in [0.25, 0.3) is 0 Å². The van der Waals surface area contributed by atoms with Gasteiger partial charge in [-0.25, -0.2) is 0 Å². The van der Waals surface area contributed by atoms with Crippen LogP contribution in [0.3, 0.4) is 0 Å². The number of carbonyl (C=O) groups excluding carboxylic acids is 2. The number of aromatic amines is 1. The molecule has 1 aromatic rings. The van der Waals surface area contributed by atoms with Gasteiger partial charge in [-0.1, -0.05) is 0 Å². The molecule has 13 heavy (non-hydrogen) atoms. The molecule has 1 heterocycles. The number of carbonyl (C=O) groups is 2. The third-order valence-corrected chi connectivity index (χ3v) is 1.45. The summed E-state index contributed by atoms with van der Waals surface area (Å²) in [6.45, 7) is 1.79. The molecule has 0 spiro atoms. The Morgan fingerprint density at radius 2 is 2.38 bits per heavy atom. The topological polar surface area (TPSA) is 74.8 Å². The molecule has 1 amide bonds. The van der Waals surface area contributed by atoms with E-state index in [2.05, 4.69) is 15.5 Å². The van der Waals surface area contributed by atoms with E-state index in [1.807, 2.05) is 0 Å². The third kappa shape index (κ3) is 3.50. The number of H-pyrrole nitrogens is 1. The van der Waals surface area contributed by atoms with Crippen molar-refractivity contribution < 1.29 is 9.59 Å². The first-order valence-corrected chi connectivity index (χ1v) is 3.92. The molecule has 0 unspecified atom stereocenters. The molecule has 0 aliphatic heterocycles. The Hall–Kier alpha value is -1.65. The van der Waals surface area contributed by atoms with Gasteiger partial charge in [-0.05, 0) is 6.92 Å². The van der Waals surface area contributed by atoms with Gasteiger partial charge in [0.2, 0.25) is 5.91 Å². The van der Waals surface area contributed by atoms with Crippen LogP contribution in [-0.2, 0) is 16.1 Å². The Balaban J connectivity index is 2.27. The van der Waals surface area contributed by atoms with Crippen LogP contribution in [-0.4, -0.2) is 21.9 Å². The van der Waals surface area contributed by atoms with Crippen LogP contribution in [0.1, 0.15) is 18.9 Å². The van der Waals surface area contributed by atoms with Crippen molar-refractivity contribution >= 4 is 11.7 Å². The van der Waals surface area contributed by atoms with Gasteiger partial charge >= 0.3 is 0 Å². The molecule has 0 fully saturated rings. The monoisotopic (exact) mass is 181 g/mol. The summed E-state index contributed by atoms with van der Waals surface area (Å²) in [6.07, 6.45) is 3.25. The molecule has 0 saturated carbocycles. The number of amides is 1. The summed E-state index contributed by atoms with van der Waals surface area (Å²) in [5, 5.41) is 8.94. The molecular weight excluding hydrogens is 170 g/mol. The van der Waals surface area contributed by atoms with Crippen LogP contribution >= 0.6 is 0 Å². The van der Waals surface area contributed by atoms with E-state index in [4.69, 9.17) is 0 Å². The fraction of sp³-hybridized carbons (Fsp3) is 0.375. The van der Waals surface area contributed by atoms with Crippen LogP contribution in [0.15, 0.2) is 12.4 Å². The normalized spacial score (nSPS) is 9.62. The Morgan fingerprint density at radius 1 is 1.62 bits per heavy atom. The lowest BCUT2D eigenvalue weighted by atomic mass is 10.3. The average molecular weight is 181 g/mol. The maximum Gasteiger partial charge on any atom is 0.227 e. The summed E-state index contributed by atoms with van der Waals surface area (Å²) in [7, 11) is 0. The highest BCUT2D eigenvalue weighted by Crippen LogP contribution is 1.92. The predicted octanol–water partition coefficient (Wildman–Crippen LogP) is 0.00500. The van der Waals surface area contributed by atoms with Gasteiger partial charge in [-0.3, -0.25) is 14.7 Å². The largest absolute Gasteiger partial charge is 0.352 e. The summed E-state index contributed by atoms with van der Waals surface area (Å²) < 4.78 is 0. The highest BCUT2D eigenvalue weighted by molar-refractivity contribution is 5.96. The number of ketones is 1. The predicted molar refractivity (Wildman–Crippen MR) is 45.7 cm³/mol. The second kappa shape index (κ2) is 4.39. The molecule has 1 rings (SSSR count). The van der Waals surface area contributed by atoms with Crippen molar-refractivity contribution in [1.29, 1.82) is 0 Å². The molecule has 5 heteroatoms. The Kier molecular flexibility index (Phi) is 3.19. The Bertz CT molecular complexity index is 292. The first-order chi connectivity index (χ1) is 6.18. The molecule has 0 aliphatic carbocycles. The molecular formula is C8H11N3O2. The van der Waals surface area contributed by atoms with Gasteiger partial charge in [0.1, 0.15) is 5.78 Å². The number of nitrogens with one attached hydrogen (secondary N) is 2. The number of Topliss-reactive ketones (excluding diaryl/α,β-unsaturated/α-hetero) is 1. The van der Waals surface area contributed by atoms with E-state index in [9.17, 15) is 9.59 Å². The number of hydrogen-bond acceptors (Lipinski definition) is 3. The second-order valence-electron chi connectivity index (χ2n) is 2.76. The SMILES string of the molecule is CC(=O)CC(=O)NCc1cn[nH]c1. The van der Waals surface area contributed by atoms with Gasteiger partial charge < -0.3 is 5.32 Å². The summed E-state index contributed by atoms with van der Waals surface area (Å²) in [4.78, 5) is 21.5. The zero-order valence-electron chi connectivity index (χ0n) is 7.33. The number of rotatable bonds is 4. The molecule has 0 aromatic carbocycles. The lowest BCUT2D eigenvalue weighted by molar-refractivity contribution is -0.127. The van der Waals surface area contributed by atoms with Crippen molar-refractivity contribution in [1.82, 2.24) is 15.5 Å². The van der Waals surface area contributed by atoms with Gasteiger partial charge in [0, 0.05) is 18.3 Å². The van der Waals surface area contributed by atoms with E-state index in [1.165, 1.54) is 6.92 Å². The van der Waals surface area contributed by atoms with E-state index >= 15 is 0 Å². The first kappa shape index (κ1) is 9.44. The molecule has 0 bridgehead atoms. The molecule has 5 nitrogen and oxygen atoms in total. The smallest absolute Gasteiger partial charge is 0.227 e. The van der Waals surface area contributed by atoms with Crippen LogP contribution in [0.25, 0.3) is 0 Å². The standard InChI is InChI=1S/C8H11N3O2/c1-6(12)2-8(13)9-3-7-4-10-11-5-7/h4-5H,2-3H2,1H3,(H,9,13)(H,10,11). The molecule has 0 aliphatic rings. The summed E-state index contributed by atoms with van der Waals surface area (Å²) in [5.41, 5.74) is 0.886. The maximum atomic E-state index is 11.0. The highest BCUT2D eigenvalue weighted by Gasteiger charge is 2.04. The minimum absolute atomic E-state index is 0.0577. The van der Waals surface area contributed by atoms with Crippen LogP contribution in [0, 0.1) is 0 Å². The number of hydrogen-bond donors (Lipinski definition) is 2. The van der Waals surface area contributed by atoms with Gasteiger partial charge in [0.05, 0.1) is 12.6 Å². The van der Waals surface area contributed by atoms with Crippen LogP contribution in [0.5, 0.6) is 0 Å². The molecule has 2 N–H and O–H groups in total. The second-order valence-corrected chi connectivity index (χ2v) is 2.76. The molecule has 70 valence electrons. The van der Waals surface area contributed by atoms with Gasteiger partial charge in [-0.2, -0.15) is 5.10 Å². The Labute approximate surface area is 75.5 Å². The van der Waals surface area contributed by atoms with Crippen molar-refractivity contribution in [2.45, 2.75) is 19.9 Å². The highest BCUT2D eigenvalue weighted by atomic mass is 16.2. The van der Waals surface area contributed by atoms with E-state index in [0.717, 1.165) is 5.56 Å². The molecule has 0 atom stereocenters. The molecule has 0 radical (unpaired) electrons. The van der Waals surface area contributed by atoms with E-state index < -0.39 is 0 Å². The summed E-state index contributed by atoms with van der Waals surface area (Å²) >= 11 is 0. The third-order valence-electron chi connectivity index (χ3n) is 1.45. The first-order valence-electron chi connectivity index (χ1n) is 3.92. The average Bonchev–Trinajstić information content (AvgIpc) is 2.51. The van der Waals surface area contributed by atoms with Crippen LogP contribution in [0.4, 0.5) is 0 Å². The van der Waals surface area contributed by atoms with Gasteiger partial charge in [-0.15, -0.1) is 0 Å². The minimum atomic E-state index is -0.256. The van der Waals surface area contributed by atoms with E-state index in [1.54, 1.807) is 12.4 Å². The van der Waals surface area contributed by atoms with Gasteiger partial charge in [0.15, 0.2) is 0 Å². The van der Waals surface area contributed by atoms with Crippen molar-refractivity contribution in [2.24, 2.45) is 0 Å². The maximum absolute atomic E-state index is 11.0. The lowest BCUT2D eigenvalue weighted by Crippen LogP contribution is -2.24. The lowest BCUT2D eigenvalue weighted by Gasteiger charge is -2.00. The minimum Gasteiger partial charge on any atom is -0.352 e. The molecule has 0 saturated heterocycles.